The van der Waals surface area contributed by atoms with Gasteiger partial charge in [0, 0.05) is 5.69 Å². The van der Waals surface area contributed by atoms with Gasteiger partial charge in [0.2, 0.25) is 0 Å². The molecule has 0 heterocycles. The second-order valence-electron chi connectivity index (χ2n) is 2.57. The molecule has 0 aromatic heterocycles. The number of para-hydroxylation sites is 1. The van der Waals surface area contributed by atoms with Gasteiger partial charge in [0.1, 0.15) is 6.54 Å². The van der Waals surface area contributed by atoms with Crippen LogP contribution in [0.25, 0.3) is 0 Å². The van der Waals surface area contributed by atoms with E-state index in [1.54, 1.807) is 0 Å². The zero-order chi connectivity index (χ0) is 10.4. The molecule has 3 N–H and O–H groups in total. The van der Waals surface area contributed by atoms with Gasteiger partial charge in [-0.15, -0.1) is 0 Å². The zero-order valence-corrected chi connectivity index (χ0v) is 11.2. The van der Waals surface area contributed by atoms with Gasteiger partial charge in [-0.2, -0.15) is 0 Å². The Balaban J connectivity index is 0. The maximum Gasteiger partial charge on any atom is 1.00 e. The van der Waals surface area contributed by atoms with Crippen molar-refractivity contribution in [3.63, 3.8) is 0 Å². The number of carboxylic acid groups (broad SMARTS) is 1. The first kappa shape index (κ1) is 14.4. The number of carbonyl (C=O) groups is 1. The van der Waals surface area contributed by atoms with Crippen molar-refractivity contribution >= 4 is 29.0 Å². The van der Waals surface area contributed by atoms with E-state index in [0.29, 0.717) is 5.11 Å². The number of rotatable bonds is 3. The van der Waals surface area contributed by atoms with E-state index in [2.05, 4.69) is 10.6 Å². The number of aliphatic carboxylic acids is 1. The first-order chi connectivity index (χ1) is 6.68. The maximum absolute atomic E-state index is 10.2. The van der Waals surface area contributed by atoms with E-state index in [0.717, 1.165) is 5.69 Å². The summed E-state index contributed by atoms with van der Waals surface area (Å²) in [6.07, 6.45) is 0. The van der Waals surface area contributed by atoms with Gasteiger partial charge in [-0.1, -0.05) is 18.2 Å². The number of carboxylic acids is 1. The van der Waals surface area contributed by atoms with Gasteiger partial charge in [0.15, 0.2) is 5.11 Å². The van der Waals surface area contributed by atoms with Crippen molar-refractivity contribution in [1.82, 2.24) is 5.32 Å². The summed E-state index contributed by atoms with van der Waals surface area (Å²) in [5.74, 6) is -0.942. The molecule has 1 aromatic rings. The van der Waals surface area contributed by atoms with Gasteiger partial charge in [-0.05, 0) is 24.4 Å². The smallest absolute Gasteiger partial charge is 1.00 e. The Morgan fingerprint density at radius 3 is 2.53 bits per heavy atom. The number of thiocarbonyl (C=S) groups is 1. The molecule has 0 spiro atoms. The molecule has 0 aliphatic rings. The molecule has 1 rings (SSSR count). The van der Waals surface area contributed by atoms with E-state index in [4.69, 9.17) is 17.3 Å². The molecule has 6 heteroatoms. The van der Waals surface area contributed by atoms with Crippen LogP contribution in [0.2, 0.25) is 0 Å². The van der Waals surface area contributed by atoms with Crippen LogP contribution in [0.15, 0.2) is 30.3 Å². The van der Waals surface area contributed by atoms with Crippen molar-refractivity contribution in [3.8, 4) is 0 Å². The van der Waals surface area contributed by atoms with Gasteiger partial charge >= 0.3 is 35.5 Å². The fourth-order valence-electron chi connectivity index (χ4n) is 0.853. The summed E-state index contributed by atoms with van der Waals surface area (Å²) in [5.41, 5.74) is 0.829. The molecule has 0 atom stereocenters. The van der Waals surface area contributed by atoms with Crippen LogP contribution in [-0.2, 0) is 4.79 Å². The molecule has 1 aromatic carbocycles. The average molecular weight is 234 g/mol. The van der Waals surface area contributed by atoms with Crippen molar-refractivity contribution in [2.45, 2.75) is 0 Å². The summed E-state index contributed by atoms with van der Waals surface area (Å²) in [7, 11) is 0. The molecule has 0 aliphatic carbocycles. The Kier molecular flexibility index (Phi) is 7.33. The van der Waals surface area contributed by atoms with Crippen LogP contribution in [0, 0.1) is 0 Å². The molecule has 0 aliphatic heterocycles. The topological polar surface area (TPSA) is 61.4 Å². The summed E-state index contributed by atoms with van der Waals surface area (Å²) in [6.45, 7) is -0.182. The van der Waals surface area contributed by atoms with Crippen LogP contribution < -0.4 is 40.2 Å². The Bertz CT molecular complexity index is 338. The fourth-order valence-corrected chi connectivity index (χ4v) is 1.04. The molecule has 0 bridgehead atoms. The first-order valence-electron chi connectivity index (χ1n) is 4.00. The maximum atomic E-state index is 10.2. The summed E-state index contributed by atoms with van der Waals surface area (Å²) in [4.78, 5) is 10.2. The van der Waals surface area contributed by atoms with E-state index in [1.807, 2.05) is 30.3 Å². The van der Waals surface area contributed by atoms with E-state index in [9.17, 15) is 4.79 Å². The number of nitrogens with one attached hydrogen (secondary N) is 2. The molecule has 0 saturated heterocycles. The predicted molar refractivity (Wildman–Crippen MR) is 59.4 cm³/mol. The fraction of sp³-hybridized carbons (Fsp3) is 0.111. The summed E-state index contributed by atoms with van der Waals surface area (Å²) >= 11 is 4.87. The number of benzene rings is 1. The molecule has 4 nitrogen and oxygen atoms in total. The number of hydrogen-bond donors (Lipinski definition) is 3. The Hall–Kier alpha value is -0.620. The van der Waals surface area contributed by atoms with E-state index in [1.165, 1.54) is 0 Å². The second-order valence-corrected chi connectivity index (χ2v) is 2.98. The minimum Gasteiger partial charge on any atom is -1.00 e. The molecule has 0 fully saturated rings. The minimum absolute atomic E-state index is 0. The van der Waals surface area contributed by atoms with Gasteiger partial charge in [-0.25, -0.2) is 0 Å². The van der Waals surface area contributed by atoms with Crippen LogP contribution >= 0.6 is 12.2 Å². The van der Waals surface area contributed by atoms with Crippen molar-refractivity contribution < 1.29 is 40.9 Å². The molecule has 0 saturated carbocycles. The van der Waals surface area contributed by atoms with Crippen LogP contribution in [0.5, 0.6) is 0 Å². The van der Waals surface area contributed by atoms with E-state index < -0.39 is 5.97 Å². The van der Waals surface area contributed by atoms with Crippen LogP contribution in [0.3, 0.4) is 0 Å². The third kappa shape index (κ3) is 6.46. The third-order valence-corrected chi connectivity index (χ3v) is 1.68. The predicted octanol–water partition coefficient (Wildman–Crippen LogP) is -1.83. The van der Waals surface area contributed by atoms with E-state index in [-0.39, 0.29) is 37.5 Å². The quantitative estimate of drug-likeness (QED) is 0.424. The summed E-state index contributed by atoms with van der Waals surface area (Å²) in [6, 6.07) is 9.30. The van der Waals surface area contributed by atoms with Crippen LogP contribution in [0.4, 0.5) is 5.69 Å². The van der Waals surface area contributed by atoms with Gasteiger partial charge in [0.05, 0.1) is 0 Å². The number of hydrogen-bond acceptors (Lipinski definition) is 2. The Morgan fingerprint density at radius 1 is 1.40 bits per heavy atom. The molecule has 76 valence electrons. The number of anilines is 1. The minimum atomic E-state index is -0.942. The normalized spacial score (nSPS) is 8.53. The molecular weight excluding hydrogens is 223 g/mol. The second kappa shape index (κ2) is 7.64. The standard InChI is InChI=1S/C9H10N2O2S.Na.H/c12-8(13)6-10-9(14)11-7-4-2-1-3-5-7;;/h1-5H,6H2,(H,12,13)(H2,10,11,14);;/q;+1;-1. The van der Waals surface area contributed by atoms with E-state index >= 15 is 0 Å². The van der Waals surface area contributed by atoms with Crippen molar-refractivity contribution in [3.05, 3.63) is 30.3 Å². The van der Waals surface area contributed by atoms with Gasteiger partial charge in [-0.3, -0.25) is 4.79 Å². The molecule has 15 heavy (non-hydrogen) atoms. The Labute approximate surface area is 117 Å². The molecule has 0 unspecified atom stereocenters. The summed E-state index contributed by atoms with van der Waals surface area (Å²) < 4.78 is 0. The van der Waals surface area contributed by atoms with Crippen molar-refractivity contribution in [2.75, 3.05) is 11.9 Å². The average Bonchev–Trinajstić information content (AvgIpc) is 2.16. The zero-order valence-electron chi connectivity index (χ0n) is 9.36. The largest absolute Gasteiger partial charge is 1.00 e. The molecule has 0 amide bonds. The molecule has 0 radical (unpaired) electrons. The molecular formula is C9H11N2NaO2S. The third-order valence-electron chi connectivity index (χ3n) is 1.43. The summed E-state index contributed by atoms with van der Waals surface area (Å²) in [5, 5.41) is 14.1. The monoisotopic (exact) mass is 234 g/mol. The van der Waals surface area contributed by atoms with Gasteiger partial charge < -0.3 is 17.2 Å². The SMILES string of the molecule is O=C(O)CNC(=S)Nc1ccccc1.[H-].[Na+]. The van der Waals surface area contributed by atoms with Crippen LogP contribution in [0.1, 0.15) is 1.43 Å². The van der Waals surface area contributed by atoms with Crippen molar-refractivity contribution in [1.29, 1.82) is 0 Å². The van der Waals surface area contributed by atoms with Gasteiger partial charge in [0.25, 0.3) is 0 Å². The van der Waals surface area contributed by atoms with Crippen LogP contribution in [-0.4, -0.2) is 22.7 Å². The first-order valence-corrected chi connectivity index (χ1v) is 4.41. The Morgan fingerprint density at radius 2 is 2.00 bits per heavy atom. The van der Waals surface area contributed by atoms with Crippen molar-refractivity contribution in [2.24, 2.45) is 0 Å².